The second-order valence-electron chi connectivity index (χ2n) is 2.14. The van der Waals surface area contributed by atoms with Crippen LogP contribution in [0.15, 0.2) is 12.2 Å². The van der Waals surface area contributed by atoms with Gasteiger partial charge in [0.15, 0.2) is 0 Å². The highest BCUT2D eigenvalue weighted by atomic mass is 31.2. The van der Waals surface area contributed by atoms with Crippen LogP contribution in [0.3, 0.4) is 0 Å². The zero-order valence-corrected chi connectivity index (χ0v) is 7.02. The minimum atomic E-state index is -4.09. The third kappa shape index (κ3) is 6.06. The molecule has 0 heterocycles. The van der Waals surface area contributed by atoms with Gasteiger partial charge in [0, 0.05) is 0 Å². The SMILES string of the molecule is NC(/C=C/CP(=O)(O)O)C(=O)O. The van der Waals surface area contributed by atoms with E-state index in [1.807, 2.05) is 0 Å². The van der Waals surface area contributed by atoms with Crippen LogP contribution in [0.1, 0.15) is 0 Å². The lowest BCUT2D eigenvalue weighted by Gasteiger charge is -1.99. The summed E-state index contributed by atoms with van der Waals surface area (Å²) in [6.45, 7) is 0. The van der Waals surface area contributed by atoms with Crippen LogP contribution in [0.25, 0.3) is 0 Å². The molecule has 1 atom stereocenters. The monoisotopic (exact) mass is 195 g/mol. The van der Waals surface area contributed by atoms with Gasteiger partial charge in [-0.2, -0.15) is 0 Å². The number of allylic oxidation sites excluding steroid dienone is 1. The molecule has 0 radical (unpaired) electrons. The van der Waals surface area contributed by atoms with Crippen molar-refractivity contribution in [2.45, 2.75) is 6.04 Å². The quantitative estimate of drug-likeness (QED) is 0.342. The van der Waals surface area contributed by atoms with Gasteiger partial charge in [-0.3, -0.25) is 9.36 Å². The summed E-state index contributed by atoms with van der Waals surface area (Å²) >= 11 is 0. The summed E-state index contributed by atoms with van der Waals surface area (Å²) in [5.41, 5.74) is 5.01. The fourth-order valence-electron chi connectivity index (χ4n) is 0.427. The lowest BCUT2D eigenvalue weighted by molar-refractivity contribution is -0.137. The van der Waals surface area contributed by atoms with Crippen LogP contribution < -0.4 is 5.73 Å². The molecular weight excluding hydrogens is 185 g/mol. The first-order valence-electron chi connectivity index (χ1n) is 3.02. The highest BCUT2D eigenvalue weighted by Gasteiger charge is 2.10. The van der Waals surface area contributed by atoms with Crippen molar-refractivity contribution in [3.8, 4) is 0 Å². The van der Waals surface area contributed by atoms with E-state index in [0.717, 1.165) is 12.2 Å². The molecule has 12 heavy (non-hydrogen) atoms. The van der Waals surface area contributed by atoms with E-state index in [9.17, 15) is 9.36 Å². The first-order chi connectivity index (χ1) is 5.33. The number of carbonyl (C=O) groups is 1. The lowest BCUT2D eigenvalue weighted by atomic mass is 10.3. The van der Waals surface area contributed by atoms with Crippen molar-refractivity contribution in [3.05, 3.63) is 12.2 Å². The molecule has 0 aromatic carbocycles. The number of nitrogens with two attached hydrogens (primary N) is 1. The van der Waals surface area contributed by atoms with Gasteiger partial charge >= 0.3 is 13.6 Å². The summed E-state index contributed by atoms with van der Waals surface area (Å²) in [5.74, 6) is -1.24. The molecule has 6 nitrogen and oxygen atoms in total. The summed E-state index contributed by atoms with van der Waals surface area (Å²) < 4.78 is 10.2. The van der Waals surface area contributed by atoms with Crippen LogP contribution in [0.2, 0.25) is 0 Å². The highest BCUT2D eigenvalue weighted by Crippen LogP contribution is 2.33. The van der Waals surface area contributed by atoms with Gasteiger partial charge in [0.2, 0.25) is 0 Å². The molecular formula is C5H10NO5P. The maximum absolute atomic E-state index is 10.2. The Morgan fingerprint density at radius 2 is 2.08 bits per heavy atom. The Balaban J connectivity index is 3.93. The average Bonchev–Trinajstić information content (AvgIpc) is 1.84. The minimum Gasteiger partial charge on any atom is -0.480 e. The lowest BCUT2D eigenvalue weighted by Crippen LogP contribution is -2.27. The minimum absolute atomic E-state index is 0.492. The highest BCUT2D eigenvalue weighted by molar-refractivity contribution is 7.51. The maximum Gasteiger partial charge on any atom is 0.329 e. The number of aliphatic carboxylic acids is 1. The molecule has 5 N–H and O–H groups in total. The smallest absolute Gasteiger partial charge is 0.329 e. The summed E-state index contributed by atoms with van der Waals surface area (Å²) in [6, 6.07) is -1.21. The van der Waals surface area contributed by atoms with Gasteiger partial charge in [-0.25, -0.2) is 0 Å². The molecule has 0 aliphatic heterocycles. The normalized spacial score (nSPS) is 14.9. The largest absolute Gasteiger partial charge is 0.480 e. The Hall–Kier alpha value is -0.680. The van der Waals surface area contributed by atoms with E-state index in [4.69, 9.17) is 20.6 Å². The Kier molecular flexibility index (Phi) is 4.12. The zero-order valence-electron chi connectivity index (χ0n) is 6.12. The molecule has 0 aromatic heterocycles. The van der Waals surface area contributed by atoms with Crippen LogP contribution in [-0.4, -0.2) is 33.1 Å². The number of rotatable bonds is 4. The van der Waals surface area contributed by atoms with Gasteiger partial charge in [0.25, 0.3) is 0 Å². The van der Waals surface area contributed by atoms with Crippen LogP contribution in [0, 0.1) is 0 Å². The first-order valence-corrected chi connectivity index (χ1v) is 4.82. The van der Waals surface area contributed by atoms with Crippen LogP contribution >= 0.6 is 7.60 Å². The van der Waals surface area contributed by atoms with Crippen molar-refractivity contribution in [1.82, 2.24) is 0 Å². The van der Waals surface area contributed by atoms with E-state index >= 15 is 0 Å². The molecule has 0 rings (SSSR count). The van der Waals surface area contributed by atoms with Crippen LogP contribution in [-0.2, 0) is 9.36 Å². The number of carboxylic acids is 1. The first kappa shape index (κ1) is 11.3. The van der Waals surface area contributed by atoms with Crippen molar-refractivity contribution in [2.75, 3.05) is 6.16 Å². The Morgan fingerprint density at radius 1 is 1.58 bits per heavy atom. The van der Waals surface area contributed by atoms with Crippen molar-refractivity contribution >= 4 is 13.6 Å². The average molecular weight is 195 g/mol. The predicted octanol–water partition coefficient (Wildman–Crippen LogP) is -0.868. The molecule has 0 amide bonds. The maximum atomic E-state index is 10.2. The van der Waals surface area contributed by atoms with E-state index in [0.29, 0.717) is 0 Å². The van der Waals surface area contributed by atoms with Crippen molar-refractivity contribution in [3.63, 3.8) is 0 Å². The third-order valence-electron chi connectivity index (χ3n) is 0.972. The molecule has 0 aliphatic carbocycles. The zero-order chi connectivity index (χ0) is 9.78. The molecule has 7 heteroatoms. The van der Waals surface area contributed by atoms with Crippen LogP contribution in [0.4, 0.5) is 0 Å². The van der Waals surface area contributed by atoms with Gasteiger partial charge in [-0.1, -0.05) is 12.2 Å². The Bertz CT molecular complexity index is 232. The van der Waals surface area contributed by atoms with E-state index in [1.165, 1.54) is 0 Å². The van der Waals surface area contributed by atoms with Gasteiger partial charge < -0.3 is 20.6 Å². The van der Waals surface area contributed by atoms with Gasteiger partial charge in [-0.15, -0.1) is 0 Å². The van der Waals surface area contributed by atoms with E-state index in [2.05, 4.69) is 0 Å². The third-order valence-corrected chi connectivity index (χ3v) is 1.66. The molecule has 0 saturated carbocycles. The number of hydrogen-bond donors (Lipinski definition) is 4. The molecule has 0 spiro atoms. The van der Waals surface area contributed by atoms with E-state index < -0.39 is 25.8 Å². The van der Waals surface area contributed by atoms with Crippen molar-refractivity contribution in [2.24, 2.45) is 5.73 Å². The summed E-state index contributed by atoms with van der Waals surface area (Å²) in [7, 11) is -4.09. The van der Waals surface area contributed by atoms with Crippen molar-refractivity contribution < 1.29 is 24.3 Å². The summed E-state index contributed by atoms with van der Waals surface area (Å²) in [5, 5.41) is 8.24. The summed E-state index contributed by atoms with van der Waals surface area (Å²) in [6.07, 6.45) is 1.59. The molecule has 0 saturated heterocycles. The fourth-order valence-corrected chi connectivity index (χ4v) is 0.823. The van der Waals surface area contributed by atoms with E-state index in [1.54, 1.807) is 0 Å². The topological polar surface area (TPSA) is 121 Å². The molecule has 0 aliphatic rings. The standard InChI is InChI=1S/C5H10NO5P/c6-4(5(7)8)2-1-3-12(9,10)11/h1-2,4H,3,6H2,(H,7,8)(H2,9,10,11)/b2-1+. The van der Waals surface area contributed by atoms with Crippen LogP contribution in [0.5, 0.6) is 0 Å². The molecule has 1 unspecified atom stereocenters. The number of carboxylic acid groups (broad SMARTS) is 1. The fraction of sp³-hybridized carbons (Fsp3) is 0.400. The molecule has 0 aromatic rings. The Morgan fingerprint density at radius 3 is 2.42 bits per heavy atom. The Labute approximate surface area is 68.9 Å². The number of hydrogen-bond acceptors (Lipinski definition) is 3. The van der Waals surface area contributed by atoms with Gasteiger partial charge in [0.05, 0.1) is 6.16 Å². The molecule has 0 fully saturated rings. The van der Waals surface area contributed by atoms with Gasteiger partial charge in [0.1, 0.15) is 6.04 Å². The van der Waals surface area contributed by atoms with Crippen molar-refractivity contribution in [1.29, 1.82) is 0 Å². The summed E-state index contributed by atoms with van der Waals surface area (Å²) in [4.78, 5) is 26.8. The second-order valence-corrected chi connectivity index (χ2v) is 3.83. The molecule has 0 bridgehead atoms. The predicted molar refractivity (Wildman–Crippen MR) is 41.7 cm³/mol. The van der Waals surface area contributed by atoms with Gasteiger partial charge in [-0.05, 0) is 0 Å². The second kappa shape index (κ2) is 4.37. The molecule has 70 valence electrons. The van der Waals surface area contributed by atoms with E-state index in [-0.39, 0.29) is 0 Å².